The Morgan fingerprint density at radius 1 is 1.57 bits per heavy atom. The molecule has 3 heteroatoms. The highest BCUT2D eigenvalue weighted by Crippen LogP contribution is 2.19. The molecule has 0 saturated heterocycles. The molecule has 0 fully saturated rings. The Labute approximate surface area is 83.3 Å². The third kappa shape index (κ3) is 2.11. The van der Waals surface area contributed by atoms with E-state index in [4.69, 9.17) is 5.26 Å². The molecule has 0 aliphatic carbocycles. The zero-order valence-corrected chi connectivity index (χ0v) is 8.23. The number of allylic oxidation sites excluding steroid dienone is 1. The maximum Gasteiger partial charge on any atom is 0.138 e. The molecule has 0 bridgehead atoms. The molecule has 3 nitrogen and oxygen atoms in total. The molecule has 1 aromatic rings. The van der Waals surface area contributed by atoms with Crippen LogP contribution >= 0.6 is 0 Å². The van der Waals surface area contributed by atoms with Gasteiger partial charge in [0, 0.05) is 18.0 Å². The van der Waals surface area contributed by atoms with Crippen molar-refractivity contribution in [2.75, 3.05) is 0 Å². The maximum atomic E-state index is 9.77. The molecule has 0 aliphatic rings. The van der Waals surface area contributed by atoms with Gasteiger partial charge in [0.2, 0.25) is 0 Å². The van der Waals surface area contributed by atoms with Crippen molar-refractivity contribution >= 4 is 5.76 Å². The van der Waals surface area contributed by atoms with Gasteiger partial charge in [-0.25, -0.2) is 0 Å². The van der Waals surface area contributed by atoms with E-state index >= 15 is 0 Å². The third-order valence-corrected chi connectivity index (χ3v) is 1.89. The van der Waals surface area contributed by atoms with Gasteiger partial charge in [0.25, 0.3) is 0 Å². The third-order valence-electron chi connectivity index (χ3n) is 1.89. The Kier molecular flexibility index (Phi) is 3.24. The number of rotatable bonds is 2. The highest BCUT2D eigenvalue weighted by molar-refractivity contribution is 5.64. The maximum absolute atomic E-state index is 9.77. The van der Waals surface area contributed by atoms with Crippen LogP contribution in [0.4, 0.5) is 0 Å². The molecule has 0 saturated carbocycles. The van der Waals surface area contributed by atoms with Gasteiger partial charge in [0.05, 0.1) is 11.6 Å². The Morgan fingerprint density at radius 3 is 2.71 bits per heavy atom. The van der Waals surface area contributed by atoms with Gasteiger partial charge in [-0.2, -0.15) is 5.26 Å². The zero-order valence-electron chi connectivity index (χ0n) is 8.23. The number of pyridine rings is 1. The van der Waals surface area contributed by atoms with E-state index in [0.29, 0.717) is 11.1 Å². The molecule has 0 unspecified atom stereocenters. The quantitative estimate of drug-likeness (QED) is 0.573. The van der Waals surface area contributed by atoms with E-state index in [1.165, 1.54) is 6.20 Å². The van der Waals surface area contributed by atoms with Crippen molar-refractivity contribution in [1.82, 2.24) is 4.98 Å². The first-order valence-corrected chi connectivity index (χ1v) is 4.40. The molecule has 0 spiro atoms. The summed E-state index contributed by atoms with van der Waals surface area (Å²) in [6.07, 6.45) is 3.16. The van der Waals surface area contributed by atoms with Crippen LogP contribution in [0, 0.1) is 17.2 Å². The number of hydrogen-bond acceptors (Lipinski definition) is 3. The van der Waals surface area contributed by atoms with Crippen LogP contribution in [0.2, 0.25) is 0 Å². The SMILES string of the molecule is CC(C)/C(C#N)=C(/O)c1cccnc1. The lowest BCUT2D eigenvalue weighted by Gasteiger charge is -2.06. The van der Waals surface area contributed by atoms with Crippen LogP contribution in [0.15, 0.2) is 30.1 Å². The first-order chi connectivity index (χ1) is 6.66. The van der Waals surface area contributed by atoms with Crippen LogP contribution in [0.25, 0.3) is 5.76 Å². The number of nitriles is 1. The topological polar surface area (TPSA) is 56.9 Å². The Balaban J connectivity index is 3.17. The van der Waals surface area contributed by atoms with Crippen molar-refractivity contribution in [3.8, 4) is 6.07 Å². The molecule has 0 aliphatic heterocycles. The fraction of sp³-hybridized carbons (Fsp3) is 0.273. The molecule has 14 heavy (non-hydrogen) atoms. The van der Waals surface area contributed by atoms with Crippen LogP contribution < -0.4 is 0 Å². The number of nitrogens with zero attached hydrogens (tertiary/aromatic N) is 2. The molecule has 1 aromatic heterocycles. The Morgan fingerprint density at radius 2 is 2.29 bits per heavy atom. The largest absolute Gasteiger partial charge is 0.506 e. The molecule has 0 aromatic carbocycles. The van der Waals surface area contributed by atoms with E-state index in [9.17, 15) is 5.11 Å². The summed E-state index contributed by atoms with van der Waals surface area (Å²) < 4.78 is 0. The lowest BCUT2D eigenvalue weighted by Crippen LogP contribution is -1.97. The summed E-state index contributed by atoms with van der Waals surface area (Å²) in [5.41, 5.74) is 0.968. The van der Waals surface area contributed by atoms with Gasteiger partial charge in [-0.3, -0.25) is 4.98 Å². The van der Waals surface area contributed by atoms with Crippen LogP contribution in [-0.2, 0) is 0 Å². The molecular formula is C11H12N2O. The predicted octanol–water partition coefficient (Wildman–Crippen LogP) is 2.53. The summed E-state index contributed by atoms with van der Waals surface area (Å²) in [4.78, 5) is 3.88. The summed E-state index contributed by atoms with van der Waals surface area (Å²) in [7, 11) is 0. The Hall–Kier alpha value is -1.82. The van der Waals surface area contributed by atoms with Crippen LogP contribution in [0.3, 0.4) is 0 Å². The standard InChI is InChI=1S/C11H12N2O/c1-8(2)10(6-12)11(14)9-4-3-5-13-7-9/h3-5,7-8,14H,1-2H3/b11-10+. The summed E-state index contributed by atoms with van der Waals surface area (Å²) in [5.74, 6) is 0.0378. The van der Waals surface area contributed by atoms with Crippen LogP contribution in [-0.4, -0.2) is 10.1 Å². The van der Waals surface area contributed by atoms with Gasteiger partial charge in [-0.15, -0.1) is 0 Å². The first kappa shape index (κ1) is 10.3. The van der Waals surface area contributed by atoms with E-state index in [-0.39, 0.29) is 11.7 Å². The lowest BCUT2D eigenvalue weighted by molar-refractivity contribution is 0.501. The second kappa shape index (κ2) is 4.43. The van der Waals surface area contributed by atoms with E-state index in [1.807, 2.05) is 19.9 Å². The lowest BCUT2D eigenvalue weighted by atomic mass is 10.0. The normalized spacial score (nSPS) is 12.1. The molecule has 1 heterocycles. The summed E-state index contributed by atoms with van der Waals surface area (Å²) in [5, 5.41) is 18.6. The first-order valence-electron chi connectivity index (χ1n) is 4.40. The average molecular weight is 188 g/mol. The molecule has 1 rings (SSSR count). The van der Waals surface area contributed by atoms with Crippen molar-refractivity contribution in [3.05, 3.63) is 35.7 Å². The highest BCUT2D eigenvalue weighted by Gasteiger charge is 2.10. The summed E-state index contributed by atoms with van der Waals surface area (Å²) in [6, 6.07) is 5.45. The van der Waals surface area contributed by atoms with Gasteiger partial charge in [0.1, 0.15) is 5.76 Å². The van der Waals surface area contributed by atoms with Gasteiger partial charge in [-0.1, -0.05) is 13.8 Å². The van der Waals surface area contributed by atoms with Crippen molar-refractivity contribution in [2.45, 2.75) is 13.8 Å². The number of hydrogen-bond donors (Lipinski definition) is 1. The van der Waals surface area contributed by atoms with E-state index in [2.05, 4.69) is 4.98 Å². The highest BCUT2D eigenvalue weighted by atomic mass is 16.3. The zero-order chi connectivity index (χ0) is 10.6. The van der Waals surface area contributed by atoms with Crippen molar-refractivity contribution < 1.29 is 5.11 Å². The summed E-state index contributed by atoms with van der Waals surface area (Å²) in [6.45, 7) is 3.73. The van der Waals surface area contributed by atoms with Gasteiger partial charge < -0.3 is 5.11 Å². The minimum atomic E-state index is 0.0141. The molecule has 72 valence electrons. The molecule has 0 amide bonds. The van der Waals surface area contributed by atoms with Crippen molar-refractivity contribution in [2.24, 2.45) is 5.92 Å². The van der Waals surface area contributed by atoms with Crippen LogP contribution in [0.5, 0.6) is 0 Å². The second-order valence-electron chi connectivity index (χ2n) is 3.27. The molecule has 0 atom stereocenters. The van der Waals surface area contributed by atoms with Gasteiger partial charge in [-0.05, 0) is 18.1 Å². The predicted molar refractivity (Wildman–Crippen MR) is 54.2 cm³/mol. The van der Waals surface area contributed by atoms with Gasteiger partial charge >= 0.3 is 0 Å². The Bertz CT molecular complexity index is 374. The number of aliphatic hydroxyl groups is 1. The monoisotopic (exact) mass is 188 g/mol. The van der Waals surface area contributed by atoms with Crippen molar-refractivity contribution in [3.63, 3.8) is 0 Å². The molecular weight excluding hydrogens is 176 g/mol. The fourth-order valence-electron chi connectivity index (χ4n) is 1.11. The van der Waals surface area contributed by atoms with Crippen LogP contribution in [0.1, 0.15) is 19.4 Å². The van der Waals surface area contributed by atoms with E-state index < -0.39 is 0 Å². The van der Waals surface area contributed by atoms with E-state index in [0.717, 1.165) is 0 Å². The van der Waals surface area contributed by atoms with Crippen molar-refractivity contribution in [1.29, 1.82) is 5.26 Å². The minimum absolute atomic E-state index is 0.0141. The smallest absolute Gasteiger partial charge is 0.138 e. The minimum Gasteiger partial charge on any atom is -0.506 e. The average Bonchev–Trinajstić information content (AvgIpc) is 2.19. The second-order valence-corrected chi connectivity index (χ2v) is 3.27. The van der Waals surface area contributed by atoms with Gasteiger partial charge in [0.15, 0.2) is 0 Å². The fourth-order valence-corrected chi connectivity index (χ4v) is 1.11. The molecule has 1 N–H and O–H groups in total. The van der Waals surface area contributed by atoms with E-state index in [1.54, 1.807) is 18.3 Å². The number of aliphatic hydroxyl groups excluding tert-OH is 1. The summed E-state index contributed by atoms with van der Waals surface area (Å²) >= 11 is 0. The number of aromatic nitrogens is 1. The molecule has 0 radical (unpaired) electrons.